The van der Waals surface area contributed by atoms with Crippen LogP contribution in [0.2, 0.25) is 0 Å². The number of hydrogen-bond acceptors (Lipinski definition) is 4. The van der Waals surface area contributed by atoms with Gasteiger partial charge in [0.15, 0.2) is 0 Å². The molecule has 0 aliphatic carbocycles. The Morgan fingerprint density at radius 3 is 2.27 bits per heavy atom. The zero-order valence-corrected chi connectivity index (χ0v) is 17.7. The molecule has 0 unspecified atom stereocenters. The molecule has 0 aromatic heterocycles. The van der Waals surface area contributed by atoms with Crippen molar-refractivity contribution in [2.45, 2.75) is 59.0 Å². The van der Waals surface area contributed by atoms with Crippen molar-refractivity contribution in [3.8, 4) is 0 Å². The van der Waals surface area contributed by atoms with Crippen molar-refractivity contribution in [2.75, 3.05) is 39.8 Å². The van der Waals surface area contributed by atoms with Gasteiger partial charge in [-0.05, 0) is 58.3 Å². The molecule has 2 rings (SSSR count). The molecule has 1 amide bonds. The highest BCUT2D eigenvalue weighted by atomic mass is 32.2. The van der Waals surface area contributed by atoms with Crippen LogP contribution in [0.3, 0.4) is 0 Å². The van der Waals surface area contributed by atoms with Gasteiger partial charge < -0.3 is 9.64 Å². The summed E-state index contributed by atoms with van der Waals surface area (Å²) in [6.45, 7) is 10.4. The Hall–Kier alpha value is -0.860. The molecule has 2 aliphatic rings. The van der Waals surface area contributed by atoms with Crippen molar-refractivity contribution in [1.82, 2.24) is 13.5 Å². The molecule has 2 atom stereocenters. The van der Waals surface area contributed by atoms with E-state index in [1.54, 1.807) is 20.6 Å². The molecule has 0 bridgehead atoms. The number of hydrogen-bond donors (Lipinski definition) is 0. The van der Waals surface area contributed by atoms with Crippen LogP contribution in [0, 0.1) is 11.8 Å². The number of carbonyl (C=O) groups is 1. The minimum Gasteiger partial charge on any atom is -0.444 e. The van der Waals surface area contributed by atoms with Gasteiger partial charge in [0.25, 0.3) is 10.2 Å². The molecule has 0 N–H and O–H groups in total. The molecule has 2 aliphatic heterocycles. The lowest BCUT2D eigenvalue weighted by Crippen LogP contribution is -2.51. The van der Waals surface area contributed by atoms with Gasteiger partial charge in [0.2, 0.25) is 0 Å². The van der Waals surface area contributed by atoms with Gasteiger partial charge in [-0.1, -0.05) is 6.92 Å². The van der Waals surface area contributed by atoms with Gasteiger partial charge in [-0.2, -0.15) is 17.0 Å². The topological polar surface area (TPSA) is 70.2 Å². The van der Waals surface area contributed by atoms with Gasteiger partial charge in [0.1, 0.15) is 5.60 Å². The second-order valence-corrected chi connectivity index (χ2v) is 10.8. The van der Waals surface area contributed by atoms with E-state index < -0.39 is 15.8 Å². The maximum absolute atomic E-state index is 13.0. The van der Waals surface area contributed by atoms with E-state index in [4.69, 9.17) is 4.74 Å². The van der Waals surface area contributed by atoms with Gasteiger partial charge in [0, 0.05) is 39.8 Å². The van der Waals surface area contributed by atoms with Crippen LogP contribution in [0.4, 0.5) is 4.79 Å². The molecule has 0 spiro atoms. The number of nitrogens with zero attached hydrogens (tertiary/aromatic N) is 3. The van der Waals surface area contributed by atoms with Crippen LogP contribution in [0.25, 0.3) is 0 Å². The Morgan fingerprint density at radius 1 is 1.12 bits per heavy atom. The minimum atomic E-state index is -3.40. The van der Waals surface area contributed by atoms with Gasteiger partial charge in [-0.25, -0.2) is 4.79 Å². The Balaban J connectivity index is 1.94. The van der Waals surface area contributed by atoms with Gasteiger partial charge in [0.05, 0.1) is 0 Å². The van der Waals surface area contributed by atoms with E-state index >= 15 is 0 Å². The fourth-order valence-corrected chi connectivity index (χ4v) is 5.59. The molecule has 0 saturated carbocycles. The van der Waals surface area contributed by atoms with E-state index in [1.165, 1.54) is 0 Å². The van der Waals surface area contributed by atoms with Crippen molar-refractivity contribution in [3.63, 3.8) is 0 Å². The van der Waals surface area contributed by atoms with Crippen molar-refractivity contribution in [1.29, 1.82) is 0 Å². The Labute approximate surface area is 158 Å². The van der Waals surface area contributed by atoms with Crippen molar-refractivity contribution >= 4 is 16.3 Å². The summed E-state index contributed by atoms with van der Waals surface area (Å²) in [4.78, 5) is 13.7. The Kier molecular flexibility index (Phi) is 6.96. The minimum absolute atomic E-state index is 0.137. The first-order valence-corrected chi connectivity index (χ1v) is 11.1. The first kappa shape index (κ1) is 21.4. The third kappa shape index (κ3) is 5.82. The standard InChI is InChI=1S/C18H35N3O4S/c1-15-8-6-10-20(12-15)26(23,24)21-11-7-9-16(14-21)13-19(5)17(22)25-18(2,3)4/h15-16H,6-14H2,1-5H3/t15-,16-/m0/s1. The van der Waals surface area contributed by atoms with Gasteiger partial charge in [-0.3, -0.25) is 0 Å². The molecule has 2 heterocycles. The van der Waals surface area contributed by atoms with E-state index in [2.05, 4.69) is 6.92 Å². The zero-order valence-electron chi connectivity index (χ0n) is 16.9. The molecule has 0 aromatic carbocycles. The highest BCUT2D eigenvalue weighted by Crippen LogP contribution is 2.25. The molecule has 8 heteroatoms. The van der Waals surface area contributed by atoms with E-state index in [-0.39, 0.29) is 12.0 Å². The molecule has 152 valence electrons. The second kappa shape index (κ2) is 8.44. The van der Waals surface area contributed by atoms with Crippen LogP contribution < -0.4 is 0 Å². The molecular weight excluding hydrogens is 354 g/mol. The van der Waals surface area contributed by atoms with Crippen LogP contribution in [0.15, 0.2) is 0 Å². The average Bonchev–Trinajstić information content (AvgIpc) is 2.53. The highest BCUT2D eigenvalue weighted by Gasteiger charge is 2.36. The first-order chi connectivity index (χ1) is 12.0. The monoisotopic (exact) mass is 389 g/mol. The van der Waals surface area contributed by atoms with Crippen LogP contribution >= 0.6 is 0 Å². The van der Waals surface area contributed by atoms with Crippen LogP contribution in [0.5, 0.6) is 0 Å². The largest absolute Gasteiger partial charge is 0.444 e. The maximum Gasteiger partial charge on any atom is 0.410 e. The molecule has 7 nitrogen and oxygen atoms in total. The summed E-state index contributed by atoms with van der Waals surface area (Å²) < 4.78 is 34.6. The normalized spacial score (nSPS) is 26.5. The predicted molar refractivity (Wildman–Crippen MR) is 102 cm³/mol. The average molecular weight is 390 g/mol. The van der Waals surface area contributed by atoms with Crippen LogP contribution in [-0.4, -0.2) is 73.4 Å². The fourth-order valence-electron chi connectivity index (χ4n) is 3.71. The lowest BCUT2D eigenvalue weighted by molar-refractivity contribution is 0.0257. The Bertz CT molecular complexity index is 588. The van der Waals surface area contributed by atoms with E-state index in [0.717, 1.165) is 25.7 Å². The molecule has 26 heavy (non-hydrogen) atoms. The van der Waals surface area contributed by atoms with Crippen LogP contribution in [-0.2, 0) is 14.9 Å². The lowest BCUT2D eigenvalue weighted by atomic mass is 9.99. The van der Waals surface area contributed by atoms with Crippen molar-refractivity contribution in [3.05, 3.63) is 0 Å². The third-order valence-electron chi connectivity index (χ3n) is 4.99. The SMILES string of the molecule is C[C@H]1CCCN(S(=O)(=O)N2CCC[C@@H](CN(C)C(=O)OC(C)(C)C)C2)C1. The van der Waals surface area contributed by atoms with E-state index in [9.17, 15) is 13.2 Å². The van der Waals surface area contributed by atoms with Gasteiger partial charge in [-0.15, -0.1) is 0 Å². The Morgan fingerprint density at radius 2 is 1.69 bits per heavy atom. The maximum atomic E-state index is 13.0. The summed E-state index contributed by atoms with van der Waals surface area (Å²) in [5.41, 5.74) is -0.530. The summed E-state index contributed by atoms with van der Waals surface area (Å²) in [7, 11) is -1.69. The number of carbonyl (C=O) groups excluding carboxylic acids is 1. The molecule has 0 aromatic rings. The first-order valence-electron chi connectivity index (χ1n) is 9.68. The molecule has 2 saturated heterocycles. The summed E-state index contributed by atoms with van der Waals surface area (Å²) in [6.07, 6.45) is 3.42. The summed E-state index contributed by atoms with van der Waals surface area (Å²) in [5.74, 6) is 0.552. The molecule has 2 fully saturated rings. The number of ether oxygens (including phenoxy) is 1. The lowest BCUT2D eigenvalue weighted by Gasteiger charge is -2.38. The summed E-state index contributed by atoms with van der Waals surface area (Å²) in [5, 5.41) is 0. The smallest absolute Gasteiger partial charge is 0.410 e. The zero-order chi connectivity index (χ0) is 19.5. The second-order valence-electron chi connectivity index (χ2n) is 8.84. The predicted octanol–water partition coefficient (Wildman–Crippen LogP) is 2.54. The number of rotatable bonds is 4. The third-order valence-corrected chi connectivity index (χ3v) is 6.96. The number of piperidine rings is 2. The number of amides is 1. The van der Waals surface area contributed by atoms with Crippen molar-refractivity contribution < 1.29 is 17.9 Å². The quantitative estimate of drug-likeness (QED) is 0.741. The highest BCUT2D eigenvalue weighted by molar-refractivity contribution is 7.86. The van der Waals surface area contributed by atoms with Crippen molar-refractivity contribution in [2.24, 2.45) is 11.8 Å². The summed E-state index contributed by atoms with van der Waals surface area (Å²) in [6, 6.07) is 0. The van der Waals surface area contributed by atoms with Gasteiger partial charge >= 0.3 is 6.09 Å². The molecular formula is C18H35N3O4S. The van der Waals surface area contributed by atoms with E-state index in [1.807, 2.05) is 20.8 Å². The van der Waals surface area contributed by atoms with E-state index in [0.29, 0.717) is 38.6 Å². The van der Waals surface area contributed by atoms with Crippen LogP contribution in [0.1, 0.15) is 53.4 Å². The molecule has 0 radical (unpaired) electrons. The summed E-state index contributed by atoms with van der Waals surface area (Å²) >= 11 is 0. The fraction of sp³-hybridized carbons (Fsp3) is 0.944.